The van der Waals surface area contributed by atoms with E-state index >= 15 is 0 Å². The van der Waals surface area contributed by atoms with Gasteiger partial charge in [0.1, 0.15) is 8.19 Å². The van der Waals surface area contributed by atoms with Crippen LogP contribution in [0.15, 0.2) is 53.4 Å². The minimum atomic E-state index is 0.754. The van der Waals surface area contributed by atoms with Crippen LogP contribution in [0.5, 0.6) is 0 Å². The van der Waals surface area contributed by atoms with E-state index in [1.165, 1.54) is 21.6 Å². The molecule has 0 saturated carbocycles. The number of aryl methyl sites for hydroxylation is 3. The average molecular weight is 286 g/mol. The lowest BCUT2D eigenvalue weighted by atomic mass is 10.2. The first-order chi connectivity index (χ1) is 8.63. The molecule has 0 heterocycles. The monoisotopic (exact) mass is 285 g/mol. The first-order valence-electron chi connectivity index (χ1n) is 5.81. The minimum absolute atomic E-state index is 0.754. The third-order valence-electron chi connectivity index (χ3n) is 2.43. The third kappa shape index (κ3) is 5.71. The summed E-state index contributed by atoms with van der Waals surface area (Å²) in [6, 6.07) is 16.9. The van der Waals surface area contributed by atoms with Crippen LogP contribution in [0, 0.1) is 20.8 Å². The predicted molar refractivity (Wildman–Crippen MR) is 84.5 cm³/mol. The maximum absolute atomic E-state index is 3.46. The molecule has 2 rings (SSSR count). The fourth-order valence-electron chi connectivity index (χ4n) is 1.53. The van der Waals surface area contributed by atoms with Crippen molar-refractivity contribution in [2.45, 2.75) is 25.7 Å². The van der Waals surface area contributed by atoms with Gasteiger partial charge in [0.15, 0.2) is 0 Å². The van der Waals surface area contributed by atoms with Gasteiger partial charge in [-0.1, -0.05) is 53.6 Å². The molecule has 0 fully saturated rings. The molecule has 0 atom stereocenters. The van der Waals surface area contributed by atoms with Crippen LogP contribution in [0.3, 0.4) is 0 Å². The molecule has 2 aromatic carbocycles. The van der Waals surface area contributed by atoms with Crippen molar-refractivity contribution in [3.8, 4) is 0 Å². The first-order valence-corrected chi connectivity index (χ1v) is 9.85. The zero-order valence-electron chi connectivity index (χ0n) is 11.0. The Balaban J connectivity index is 0.000000184. The summed E-state index contributed by atoms with van der Waals surface area (Å²) in [6.45, 7) is 6.34. The zero-order valence-corrected chi connectivity index (χ0v) is 13.8. The van der Waals surface area contributed by atoms with E-state index in [-0.39, 0.29) is 0 Å². The van der Waals surface area contributed by atoms with Gasteiger partial charge in [-0.05, 0) is 32.4 Å². The molecule has 0 aromatic heterocycles. The summed E-state index contributed by atoms with van der Waals surface area (Å²) in [4.78, 5) is 1.37. The summed E-state index contributed by atoms with van der Waals surface area (Å²) >= 11 is 1.84. The molecule has 0 saturated heterocycles. The molecule has 2 aromatic rings. The fraction of sp³-hybridized carbons (Fsp3) is 0.200. The molecule has 0 unspecified atom stereocenters. The molecule has 3 heteroatoms. The van der Waals surface area contributed by atoms with E-state index in [2.05, 4.69) is 79.1 Å². The Labute approximate surface area is 120 Å². The van der Waals surface area contributed by atoms with Crippen LogP contribution < -0.4 is 0 Å². The number of hydrogen-bond donors (Lipinski definition) is 0. The molecular weight excluding hydrogens is 268 g/mol. The van der Waals surface area contributed by atoms with Crippen LogP contribution in [0.2, 0.25) is 0 Å². The maximum Gasteiger partial charge on any atom is 0.107 e. The number of benzene rings is 2. The van der Waals surface area contributed by atoms with E-state index in [0.29, 0.717) is 0 Å². The lowest BCUT2D eigenvalue weighted by Gasteiger charge is -2.00. The van der Waals surface area contributed by atoms with Gasteiger partial charge < -0.3 is 0 Å². The maximum atomic E-state index is 3.46. The van der Waals surface area contributed by atoms with Gasteiger partial charge in [-0.2, -0.15) is 11.2 Å². The summed E-state index contributed by atoms with van der Waals surface area (Å²) < 4.78 is 0. The average Bonchev–Trinajstić information content (AvgIpc) is 2.33. The third-order valence-corrected chi connectivity index (χ3v) is 5.09. The highest BCUT2D eigenvalue weighted by Crippen LogP contribution is 2.18. The van der Waals surface area contributed by atoms with Crippen molar-refractivity contribution in [3.63, 3.8) is 0 Å². The molecule has 5 radical (unpaired) electrons. The highest BCUT2D eigenvalue weighted by Gasteiger charge is 1.93. The van der Waals surface area contributed by atoms with Gasteiger partial charge in [-0.15, -0.1) is 0 Å². The fourth-order valence-corrected chi connectivity index (χ4v) is 4.03. The van der Waals surface area contributed by atoms with Crippen molar-refractivity contribution in [1.82, 2.24) is 0 Å². The predicted octanol–water partition coefficient (Wildman–Crippen LogP) is 4.09. The van der Waals surface area contributed by atoms with Gasteiger partial charge in [0.25, 0.3) is 0 Å². The minimum Gasteiger partial charge on any atom is -0.160 e. The Hall–Kier alpha value is -0.776. The molecule has 0 amide bonds. The van der Waals surface area contributed by atoms with Crippen LogP contribution >= 0.6 is 11.2 Å². The largest absolute Gasteiger partial charge is 0.160 e. The zero-order chi connectivity index (χ0) is 13.4. The molecule has 0 spiro atoms. The number of rotatable bonds is 2. The Bertz CT molecular complexity index is 466. The Morgan fingerprint density at radius 3 is 1.94 bits per heavy atom. The normalized spacial score (nSPS) is 9.56. The molecule has 0 aliphatic carbocycles. The highest BCUT2D eigenvalue weighted by atomic mass is 32.4. The van der Waals surface area contributed by atoms with Gasteiger partial charge in [0.05, 0.1) is 0 Å². The molecule has 0 aliphatic heterocycles. The first kappa shape index (κ1) is 15.3. The van der Waals surface area contributed by atoms with Gasteiger partial charge in [-0.25, -0.2) is 0 Å². The molecule has 0 bridgehead atoms. The van der Waals surface area contributed by atoms with Crippen molar-refractivity contribution in [3.05, 3.63) is 65.2 Å². The van der Waals surface area contributed by atoms with Gasteiger partial charge in [0.2, 0.25) is 0 Å². The summed E-state index contributed by atoms with van der Waals surface area (Å²) in [5.74, 6) is 0. The summed E-state index contributed by atoms with van der Waals surface area (Å²) in [5.41, 5.74) is 4.04. The second-order valence-electron chi connectivity index (χ2n) is 4.13. The molecule has 0 N–H and O–H groups in total. The van der Waals surface area contributed by atoms with Crippen LogP contribution in [-0.2, 0) is 0 Å². The molecule has 0 nitrogen and oxygen atoms in total. The Morgan fingerprint density at radius 2 is 1.50 bits per heavy atom. The van der Waals surface area contributed by atoms with Crippen molar-refractivity contribution >= 4 is 29.2 Å². The van der Waals surface area contributed by atoms with E-state index in [0.717, 1.165) is 8.19 Å². The Morgan fingerprint density at radius 1 is 0.889 bits per heavy atom. The van der Waals surface area contributed by atoms with Crippen LogP contribution in [0.1, 0.15) is 16.7 Å². The van der Waals surface area contributed by atoms with Crippen LogP contribution in [-0.4, -0.2) is 17.9 Å². The smallest absolute Gasteiger partial charge is 0.107 e. The highest BCUT2D eigenvalue weighted by molar-refractivity contribution is 8.26. The van der Waals surface area contributed by atoms with E-state index in [4.69, 9.17) is 0 Å². The van der Waals surface area contributed by atoms with Crippen LogP contribution in [0.25, 0.3) is 0 Å². The van der Waals surface area contributed by atoms with Gasteiger partial charge in [0, 0.05) is 14.7 Å². The van der Waals surface area contributed by atoms with Crippen molar-refractivity contribution in [1.29, 1.82) is 0 Å². The lowest BCUT2D eigenvalue weighted by molar-refractivity contribution is 1.31. The lowest BCUT2D eigenvalue weighted by Crippen LogP contribution is -1.83. The molecule has 0 aliphatic rings. The SMILES string of the molecule is Cc1cccc(C)c1.Cc1ccccc1S[Si][Si]. The van der Waals surface area contributed by atoms with Crippen molar-refractivity contribution < 1.29 is 0 Å². The molecular formula is C15H17SSi2. The van der Waals surface area contributed by atoms with E-state index < -0.39 is 0 Å². The van der Waals surface area contributed by atoms with E-state index in [9.17, 15) is 0 Å². The quantitative estimate of drug-likeness (QED) is 0.749. The van der Waals surface area contributed by atoms with Crippen molar-refractivity contribution in [2.24, 2.45) is 0 Å². The van der Waals surface area contributed by atoms with Gasteiger partial charge in [-0.3, -0.25) is 0 Å². The van der Waals surface area contributed by atoms with Gasteiger partial charge >= 0.3 is 0 Å². The summed E-state index contributed by atoms with van der Waals surface area (Å²) in [6.07, 6.45) is 0. The van der Waals surface area contributed by atoms with E-state index in [1.54, 1.807) is 0 Å². The summed E-state index contributed by atoms with van der Waals surface area (Å²) in [5, 5.41) is 0. The molecule has 18 heavy (non-hydrogen) atoms. The summed E-state index contributed by atoms with van der Waals surface area (Å²) in [7, 11) is 4.21. The Kier molecular flexibility index (Phi) is 7.09. The van der Waals surface area contributed by atoms with Crippen LogP contribution in [0.4, 0.5) is 0 Å². The second-order valence-corrected chi connectivity index (χ2v) is 8.04. The topological polar surface area (TPSA) is 0 Å². The van der Waals surface area contributed by atoms with Crippen molar-refractivity contribution in [2.75, 3.05) is 0 Å². The second kappa shape index (κ2) is 8.35. The molecule has 91 valence electrons. The van der Waals surface area contributed by atoms with E-state index in [1.807, 2.05) is 11.2 Å². The number of hydrogen-bond acceptors (Lipinski definition) is 1. The standard InChI is InChI=1S/C8H10.C7H7SSi2/c1-7-4-3-5-8(2)6-7;1-6-4-2-3-5-7(6)8-10-9/h3-6H,1-2H3;2-5H,1H3.